The van der Waals surface area contributed by atoms with Crippen molar-refractivity contribution in [1.29, 1.82) is 0 Å². The molecule has 3 fully saturated rings. The molecule has 0 aliphatic carbocycles. The van der Waals surface area contributed by atoms with Gasteiger partial charge in [-0.3, -0.25) is 9.69 Å². The summed E-state index contributed by atoms with van der Waals surface area (Å²) < 4.78 is 10.6. The average Bonchev–Trinajstić information content (AvgIpc) is 3.04. The molecule has 0 spiro atoms. The Kier molecular flexibility index (Phi) is 5.40. The average molecular weight is 383 g/mol. The lowest BCUT2D eigenvalue weighted by molar-refractivity contribution is 0.0574. The summed E-state index contributed by atoms with van der Waals surface area (Å²) in [5, 5.41) is 4.04. The third-order valence-corrected chi connectivity index (χ3v) is 5.93. The maximum Gasteiger partial charge on any atom is 0.276 e. The highest BCUT2D eigenvalue weighted by Gasteiger charge is 2.38. The Morgan fingerprint density at radius 1 is 1.21 bits per heavy atom. The third kappa shape index (κ3) is 3.92. The quantitative estimate of drug-likeness (QED) is 0.790. The third-order valence-electron chi connectivity index (χ3n) is 5.93. The fourth-order valence-electron chi connectivity index (χ4n) is 4.36. The summed E-state index contributed by atoms with van der Waals surface area (Å²) in [5.74, 6) is 2.40. The van der Waals surface area contributed by atoms with E-state index >= 15 is 0 Å². The van der Waals surface area contributed by atoms with Gasteiger partial charge in [-0.2, -0.15) is 0 Å². The van der Waals surface area contributed by atoms with E-state index in [0.29, 0.717) is 11.6 Å². The molecule has 150 valence electrons. The second-order valence-corrected chi connectivity index (χ2v) is 8.37. The number of nitrogens with zero attached hydrogens (tertiary/aromatic N) is 3. The van der Waals surface area contributed by atoms with Crippen LogP contribution in [-0.4, -0.2) is 53.6 Å². The Morgan fingerprint density at radius 3 is 2.68 bits per heavy atom. The number of rotatable bonds is 5. The molecule has 4 heterocycles. The molecular formula is C22H29N3O3. The van der Waals surface area contributed by atoms with E-state index in [9.17, 15) is 4.79 Å². The van der Waals surface area contributed by atoms with Gasteiger partial charge in [-0.1, -0.05) is 31.1 Å². The van der Waals surface area contributed by atoms with Gasteiger partial charge in [0, 0.05) is 44.2 Å². The first-order valence-electron chi connectivity index (χ1n) is 10.2. The number of ether oxygens (including phenoxy) is 1. The van der Waals surface area contributed by atoms with Gasteiger partial charge in [0.2, 0.25) is 0 Å². The highest BCUT2D eigenvalue weighted by molar-refractivity contribution is 5.92. The van der Waals surface area contributed by atoms with Crippen LogP contribution in [0.25, 0.3) is 0 Å². The van der Waals surface area contributed by atoms with Gasteiger partial charge < -0.3 is 14.2 Å². The summed E-state index contributed by atoms with van der Waals surface area (Å²) in [7, 11) is 1.69. The summed E-state index contributed by atoms with van der Waals surface area (Å²) in [6, 6.07) is 10.3. The monoisotopic (exact) mass is 383 g/mol. The zero-order valence-corrected chi connectivity index (χ0v) is 16.9. The Labute approximate surface area is 166 Å². The summed E-state index contributed by atoms with van der Waals surface area (Å²) in [6.07, 6.45) is 2.24. The summed E-state index contributed by atoms with van der Waals surface area (Å²) in [6.45, 7) is 7.73. The molecule has 0 N–H and O–H groups in total. The largest absolute Gasteiger partial charge is 0.497 e. The van der Waals surface area contributed by atoms with E-state index in [2.05, 4.69) is 22.2 Å². The molecule has 3 aliphatic heterocycles. The number of carbonyl (C=O) groups excluding carboxylic acids is 1. The number of fused-ring (bicyclic) bond motifs is 4. The fraction of sp³-hybridized carbons (Fsp3) is 0.545. The van der Waals surface area contributed by atoms with Crippen LogP contribution >= 0.6 is 0 Å². The van der Waals surface area contributed by atoms with Crippen molar-refractivity contribution in [3.63, 3.8) is 0 Å². The molecule has 1 aromatic heterocycles. The van der Waals surface area contributed by atoms with Crippen molar-refractivity contribution in [2.45, 2.75) is 45.2 Å². The Morgan fingerprint density at radius 2 is 2.00 bits per heavy atom. The zero-order valence-electron chi connectivity index (χ0n) is 16.9. The standard InChI is InChI=1S/C22H29N3O3/c1-15(2)21-10-20(23-28-21)22(26)25-13-17-4-7-18(25)14-24(12-17)11-16-5-8-19(27-3)9-6-16/h5-6,8-10,15,17-18H,4,7,11-14H2,1-3H3/t17-,18+/m0/s1. The molecule has 1 aromatic carbocycles. The van der Waals surface area contributed by atoms with Gasteiger partial charge in [0.15, 0.2) is 5.69 Å². The van der Waals surface area contributed by atoms with E-state index < -0.39 is 0 Å². The van der Waals surface area contributed by atoms with Gasteiger partial charge in [-0.25, -0.2) is 0 Å². The highest BCUT2D eigenvalue weighted by atomic mass is 16.5. The van der Waals surface area contributed by atoms with Gasteiger partial charge in [-0.05, 0) is 36.5 Å². The first kappa shape index (κ1) is 19.0. The smallest absolute Gasteiger partial charge is 0.276 e. The SMILES string of the molecule is COc1ccc(CN2C[C@@H]3CC[C@H](C2)N(C(=O)c2cc(C(C)C)on2)C3)cc1. The number of methoxy groups -OCH3 is 1. The number of hydrogen-bond acceptors (Lipinski definition) is 5. The second kappa shape index (κ2) is 7.95. The predicted octanol–water partition coefficient (Wildman–Crippen LogP) is 3.54. The lowest BCUT2D eigenvalue weighted by Gasteiger charge is -2.35. The minimum atomic E-state index is 0.0108. The van der Waals surface area contributed by atoms with Crippen LogP contribution in [0.4, 0.5) is 0 Å². The molecule has 0 radical (unpaired) electrons. The molecule has 0 saturated carbocycles. The summed E-state index contributed by atoms with van der Waals surface area (Å²) >= 11 is 0. The van der Waals surface area contributed by atoms with Crippen LogP contribution in [0.15, 0.2) is 34.9 Å². The van der Waals surface area contributed by atoms with E-state index in [0.717, 1.165) is 44.1 Å². The van der Waals surface area contributed by atoms with Crippen molar-refractivity contribution in [1.82, 2.24) is 15.0 Å². The molecule has 3 saturated heterocycles. The zero-order chi connectivity index (χ0) is 19.7. The first-order valence-corrected chi connectivity index (χ1v) is 10.2. The van der Waals surface area contributed by atoms with Gasteiger partial charge in [0.1, 0.15) is 11.5 Å². The van der Waals surface area contributed by atoms with E-state index in [1.807, 2.05) is 30.9 Å². The number of aromatic nitrogens is 1. The maximum atomic E-state index is 13.1. The Bertz CT molecular complexity index is 815. The van der Waals surface area contributed by atoms with Gasteiger partial charge >= 0.3 is 0 Å². The molecule has 28 heavy (non-hydrogen) atoms. The summed E-state index contributed by atoms with van der Waals surface area (Å²) in [4.78, 5) is 17.6. The van der Waals surface area contributed by atoms with Crippen LogP contribution < -0.4 is 4.74 Å². The van der Waals surface area contributed by atoms with Crippen molar-refractivity contribution in [2.75, 3.05) is 26.7 Å². The molecule has 1 amide bonds. The predicted molar refractivity (Wildman–Crippen MR) is 106 cm³/mol. The minimum absolute atomic E-state index is 0.0108. The molecular weight excluding hydrogens is 354 g/mol. The van der Waals surface area contributed by atoms with Gasteiger partial charge in [-0.15, -0.1) is 0 Å². The van der Waals surface area contributed by atoms with Gasteiger partial charge in [0.05, 0.1) is 7.11 Å². The van der Waals surface area contributed by atoms with Crippen molar-refractivity contribution >= 4 is 5.91 Å². The van der Waals surface area contributed by atoms with Crippen molar-refractivity contribution in [3.8, 4) is 5.75 Å². The number of amides is 1. The van der Waals surface area contributed by atoms with Crippen LogP contribution in [0.2, 0.25) is 0 Å². The Balaban J connectivity index is 1.45. The van der Waals surface area contributed by atoms with E-state index in [4.69, 9.17) is 9.26 Å². The fourth-order valence-corrected chi connectivity index (χ4v) is 4.36. The van der Waals surface area contributed by atoms with E-state index in [-0.39, 0.29) is 17.9 Å². The minimum Gasteiger partial charge on any atom is -0.497 e. The van der Waals surface area contributed by atoms with Crippen LogP contribution in [0, 0.1) is 5.92 Å². The summed E-state index contributed by atoms with van der Waals surface area (Å²) in [5.41, 5.74) is 1.72. The van der Waals surface area contributed by atoms with E-state index in [1.54, 1.807) is 13.2 Å². The molecule has 6 heteroatoms. The first-order chi connectivity index (χ1) is 13.5. The number of hydrogen-bond donors (Lipinski definition) is 0. The van der Waals surface area contributed by atoms with Crippen LogP contribution in [0.3, 0.4) is 0 Å². The van der Waals surface area contributed by atoms with Gasteiger partial charge in [0.25, 0.3) is 5.91 Å². The molecule has 2 atom stereocenters. The van der Waals surface area contributed by atoms with Crippen LogP contribution in [0.5, 0.6) is 5.75 Å². The lowest BCUT2D eigenvalue weighted by Crippen LogP contribution is -2.47. The highest BCUT2D eigenvalue weighted by Crippen LogP contribution is 2.30. The number of piperidine rings is 1. The van der Waals surface area contributed by atoms with E-state index in [1.165, 1.54) is 12.0 Å². The van der Waals surface area contributed by atoms with Crippen LogP contribution in [0.1, 0.15) is 54.4 Å². The van der Waals surface area contributed by atoms with Crippen molar-refractivity contribution in [2.24, 2.45) is 5.92 Å². The second-order valence-electron chi connectivity index (χ2n) is 8.37. The van der Waals surface area contributed by atoms with Crippen molar-refractivity contribution < 1.29 is 14.1 Å². The number of benzene rings is 1. The molecule has 2 aromatic rings. The molecule has 6 nitrogen and oxygen atoms in total. The number of carbonyl (C=O) groups is 1. The molecule has 0 unspecified atom stereocenters. The molecule has 5 rings (SSSR count). The lowest BCUT2D eigenvalue weighted by atomic mass is 9.94. The molecule has 3 aliphatic rings. The van der Waals surface area contributed by atoms with Crippen molar-refractivity contribution in [3.05, 3.63) is 47.3 Å². The topological polar surface area (TPSA) is 58.8 Å². The Hall–Kier alpha value is -2.34. The maximum absolute atomic E-state index is 13.1. The molecule has 2 bridgehead atoms. The van der Waals surface area contributed by atoms with Crippen LogP contribution in [-0.2, 0) is 6.54 Å². The normalized spacial score (nSPS) is 22.5.